The molecule has 3 nitrogen and oxygen atoms in total. The first-order chi connectivity index (χ1) is 3.68. The first-order valence-electron chi connectivity index (χ1n) is 1.97. The van der Waals surface area contributed by atoms with E-state index in [9.17, 15) is 8.60 Å². The molecule has 0 aromatic rings. The van der Waals surface area contributed by atoms with E-state index in [1.165, 1.54) is 18.4 Å². The molecule has 0 aromatic carbocycles. The highest BCUT2D eigenvalue weighted by atomic mass is 32.2. The lowest BCUT2D eigenvalue weighted by molar-refractivity contribution is 0.202. The van der Waals surface area contributed by atoms with Gasteiger partial charge in [0.1, 0.15) is 0 Å². The van der Waals surface area contributed by atoms with E-state index in [-0.39, 0.29) is 0 Å². The maximum absolute atomic E-state index is 11.2. The Morgan fingerprint density at radius 2 is 2.25 bits per heavy atom. The maximum atomic E-state index is 11.2. The third-order valence-electron chi connectivity index (χ3n) is 0.444. The summed E-state index contributed by atoms with van der Waals surface area (Å²) in [5.41, 5.74) is 0. The van der Waals surface area contributed by atoms with Crippen LogP contribution in [0.4, 0.5) is 4.39 Å². The molecule has 1 unspecified atom stereocenters. The second-order valence-electron chi connectivity index (χ2n) is 1.26. The average molecular weight is 141 g/mol. The fraction of sp³-hybridized carbons (Fsp3) is 1.00. The molecule has 1 atom stereocenters. The molecule has 0 aliphatic rings. The Balaban J connectivity index is 3.33. The molecular weight excluding hydrogens is 133 g/mol. The average Bonchev–Trinajstić information content (AvgIpc) is 1.67. The van der Waals surface area contributed by atoms with Gasteiger partial charge in [0, 0.05) is 14.1 Å². The van der Waals surface area contributed by atoms with Crippen LogP contribution in [0.2, 0.25) is 0 Å². The second-order valence-corrected chi connectivity index (χ2v) is 2.66. The normalized spacial score (nSPS) is 14.5. The molecule has 0 saturated carbocycles. The summed E-state index contributed by atoms with van der Waals surface area (Å²) in [6, 6.07) is 0. The van der Waals surface area contributed by atoms with Crippen molar-refractivity contribution in [2.45, 2.75) is 0 Å². The van der Waals surface area contributed by atoms with Crippen LogP contribution in [0.25, 0.3) is 0 Å². The van der Waals surface area contributed by atoms with Gasteiger partial charge in [-0.2, -0.15) is 0 Å². The standard InChI is InChI=1S/C3H8FNO2S/c1-5(2)8(6)7-3-4/h3H2,1-2H3. The zero-order chi connectivity index (χ0) is 6.57. The van der Waals surface area contributed by atoms with Crippen LogP contribution in [0, 0.1) is 0 Å². The summed E-state index contributed by atoms with van der Waals surface area (Å²) < 4.78 is 26.8. The highest BCUT2D eigenvalue weighted by Gasteiger charge is 1.99. The maximum Gasteiger partial charge on any atom is 0.239 e. The number of hydrogen-bond donors (Lipinski definition) is 0. The third-order valence-corrected chi connectivity index (χ3v) is 1.33. The Morgan fingerprint density at radius 3 is 2.38 bits per heavy atom. The van der Waals surface area contributed by atoms with Gasteiger partial charge in [-0.3, -0.25) is 0 Å². The minimum atomic E-state index is -1.61. The van der Waals surface area contributed by atoms with E-state index in [1.54, 1.807) is 0 Å². The minimum absolute atomic E-state index is 1.01. The molecule has 0 aromatic heterocycles. The van der Waals surface area contributed by atoms with Crippen LogP contribution in [0.15, 0.2) is 0 Å². The summed E-state index contributed by atoms with van der Waals surface area (Å²) >= 11 is -1.61. The van der Waals surface area contributed by atoms with Crippen molar-refractivity contribution in [1.29, 1.82) is 0 Å². The predicted octanol–water partition coefficient (Wildman–Crippen LogP) is 0.0703. The smallest absolute Gasteiger partial charge is 0.239 e. The largest absolute Gasteiger partial charge is 0.244 e. The van der Waals surface area contributed by atoms with Crippen molar-refractivity contribution in [2.75, 3.05) is 21.0 Å². The Labute approximate surface area is 50.2 Å². The van der Waals surface area contributed by atoms with Crippen LogP contribution in [-0.2, 0) is 15.4 Å². The van der Waals surface area contributed by atoms with Gasteiger partial charge in [0.15, 0.2) is 0 Å². The summed E-state index contributed by atoms with van der Waals surface area (Å²) in [7, 11) is 3.07. The molecule has 0 aliphatic heterocycles. The summed E-state index contributed by atoms with van der Waals surface area (Å²) in [4.78, 5) is 0. The quantitative estimate of drug-likeness (QED) is 0.556. The summed E-state index contributed by atoms with van der Waals surface area (Å²) in [5, 5.41) is 0. The monoisotopic (exact) mass is 141 g/mol. The SMILES string of the molecule is CN(C)S(=O)OCF. The van der Waals surface area contributed by atoms with Crippen molar-refractivity contribution in [1.82, 2.24) is 4.31 Å². The van der Waals surface area contributed by atoms with Crippen LogP contribution in [0.5, 0.6) is 0 Å². The number of halogens is 1. The van der Waals surface area contributed by atoms with Crippen molar-refractivity contribution in [2.24, 2.45) is 0 Å². The molecule has 5 heteroatoms. The van der Waals surface area contributed by atoms with E-state index >= 15 is 0 Å². The Kier molecular flexibility index (Phi) is 3.94. The van der Waals surface area contributed by atoms with Gasteiger partial charge in [0.25, 0.3) is 0 Å². The molecule has 0 amide bonds. The van der Waals surface area contributed by atoms with Crippen molar-refractivity contribution < 1.29 is 12.8 Å². The lowest BCUT2D eigenvalue weighted by Crippen LogP contribution is -2.17. The molecule has 0 rings (SSSR count). The van der Waals surface area contributed by atoms with Gasteiger partial charge < -0.3 is 0 Å². The fourth-order valence-corrected chi connectivity index (χ4v) is 0.431. The van der Waals surface area contributed by atoms with Gasteiger partial charge in [-0.15, -0.1) is 0 Å². The number of nitrogens with zero attached hydrogens (tertiary/aromatic N) is 1. The van der Waals surface area contributed by atoms with E-state index < -0.39 is 18.1 Å². The first kappa shape index (κ1) is 8.00. The Morgan fingerprint density at radius 1 is 1.75 bits per heavy atom. The molecule has 0 N–H and O–H groups in total. The second kappa shape index (κ2) is 3.94. The zero-order valence-electron chi connectivity index (χ0n) is 4.76. The third kappa shape index (κ3) is 3.06. The zero-order valence-corrected chi connectivity index (χ0v) is 5.57. The topological polar surface area (TPSA) is 29.5 Å². The molecule has 0 fully saturated rings. The van der Waals surface area contributed by atoms with Crippen molar-refractivity contribution in [3.63, 3.8) is 0 Å². The number of rotatable bonds is 3. The van der Waals surface area contributed by atoms with Crippen molar-refractivity contribution in [3.05, 3.63) is 0 Å². The molecule has 0 aliphatic carbocycles. The van der Waals surface area contributed by atoms with Gasteiger partial charge in [-0.1, -0.05) is 0 Å². The van der Waals surface area contributed by atoms with Crippen LogP contribution >= 0.6 is 0 Å². The predicted molar refractivity (Wildman–Crippen MR) is 28.9 cm³/mol. The van der Waals surface area contributed by atoms with Crippen LogP contribution in [0.3, 0.4) is 0 Å². The molecule has 8 heavy (non-hydrogen) atoms. The van der Waals surface area contributed by atoms with Crippen molar-refractivity contribution >= 4 is 11.3 Å². The van der Waals surface area contributed by atoms with E-state index in [0.29, 0.717) is 0 Å². The van der Waals surface area contributed by atoms with E-state index in [0.717, 1.165) is 0 Å². The first-order valence-corrected chi connectivity index (χ1v) is 3.00. The number of alkyl halides is 1. The lowest BCUT2D eigenvalue weighted by atomic mass is 11.3. The van der Waals surface area contributed by atoms with Crippen LogP contribution in [0.1, 0.15) is 0 Å². The van der Waals surface area contributed by atoms with Gasteiger partial charge in [0.05, 0.1) is 0 Å². The molecule has 0 radical (unpaired) electrons. The van der Waals surface area contributed by atoms with Gasteiger partial charge in [-0.25, -0.2) is 17.1 Å². The highest BCUT2D eigenvalue weighted by Crippen LogP contribution is 1.87. The van der Waals surface area contributed by atoms with E-state index in [2.05, 4.69) is 4.18 Å². The van der Waals surface area contributed by atoms with Gasteiger partial charge in [-0.05, 0) is 0 Å². The molecule has 0 saturated heterocycles. The van der Waals surface area contributed by atoms with Gasteiger partial charge >= 0.3 is 0 Å². The fourth-order valence-electron chi connectivity index (χ4n) is 0.144. The van der Waals surface area contributed by atoms with E-state index in [1.807, 2.05) is 0 Å². The van der Waals surface area contributed by atoms with Crippen molar-refractivity contribution in [3.8, 4) is 0 Å². The lowest BCUT2D eigenvalue weighted by Gasteiger charge is -2.04. The number of hydrogen-bond acceptors (Lipinski definition) is 2. The van der Waals surface area contributed by atoms with E-state index in [4.69, 9.17) is 0 Å². The molecule has 0 heterocycles. The summed E-state index contributed by atoms with van der Waals surface area (Å²) in [6.45, 7) is -1.01. The van der Waals surface area contributed by atoms with Gasteiger partial charge in [0.2, 0.25) is 18.1 Å². The van der Waals surface area contributed by atoms with Crippen LogP contribution in [-0.4, -0.2) is 29.5 Å². The summed E-state index contributed by atoms with van der Waals surface area (Å²) in [6.07, 6.45) is 0. The van der Waals surface area contributed by atoms with Crippen LogP contribution < -0.4 is 0 Å². The molecular formula is C3H8FNO2S. The summed E-state index contributed by atoms with van der Waals surface area (Å²) in [5.74, 6) is 0. The highest BCUT2D eigenvalue weighted by molar-refractivity contribution is 7.77. The Hall–Kier alpha value is -0.0000000000000000278. The Bertz CT molecular complexity index is 87.4. The molecule has 0 spiro atoms. The molecule has 0 bridgehead atoms. The molecule has 50 valence electrons. The minimum Gasteiger partial charge on any atom is -0.244 e.